The predicted octanol–water partition coefficient (Wildman–Crippen LogP) is 3.37. The first kappa shape index (κ1) is 39.6. The Hall–Kier alpha value is -4.84. The van der Waals surface area contributed by atoms with Crippen LogP contribution >= 0.6 is 22.7 Å². The molecule has 4 aromatic rings. The molecule has 0 spiro atoms. The van der Waals surface area contributed by atoms with Gasteiger partial charge < -0.3 is 19.3 Å². The Morgan fingerprint density at radius 2 is 1.04 bits per heavy atom. The minimum atomic E-state index is -1.72. The number of rotatable bonds is 8. The molecule has 0 radical (unpaired) electrons. The summed E-state index contributed by atoms with van der Waals surface area (Å²) in [7, 11) is 0. The molecule has 3 N–H and O–H groups in total. The fraction of sp³-hybridized carbons (Fsp3) is 0.500. The molecule has 0 aliphatic rings. The van der Waals surface area contributed by atoms with E-state index in [1.807, 2.05) is 0 Å². The number of thiophene rings is 2. The van der Waals surface area contributed by atoms with Crippen LogP contribution in [-0.4, -0.2) is 66.9 Å². The molecule has 0 aromatic carbocycles. The molecule has 16 nitrogen and oxygen atoms in total. The number of esters is 3. The van der Waals surface area contributed by atoms with Crippen molar-refractivity contribution in [1.29, 1.82) is 0 Å². The van der Waals surface area contributed by atoms with Gasteiger partial charge in [0, 0.05) is 0 Å². The number of carbonyl (C=O) groups excluding carboxylic acids is 3. The Labute approximate surface area is 292 Å². The summed E-state index contributed by atoms with van der Waals surface area (Å²) >= 11 is 1.92. The zero-order valence-corrected chi connectivity index (χ0v) is 31.2. The van der Waals surface area contributed by atoms with Crippen LogP contribution in [0.3, 0.4) is 0 Å². The molecule has 0 atom stereocenters. The van der Waals surface area contributed by atoms with Gasteiger partial charge in [0.1, 0.15) is 36.1 Å². The lowest BCUT2D eigenvalue weighted by Crippen LogP contribution is -2.52. The molecule has 0 saturated heterocycles. The van der Waals surface area contributed by atoms with Crippen molar-refractivity contribution >= 4 is 67.0 Å². The number of carboxylic acid groups (broad SMARTS) is 1. The standard InChI is InChI=1S/C18H24N2O6S.C14H16N2O6S/c1-8-25-14(22)11-9(2)10-12(27-11)19-16(24)20(13(10)21)18(6,7)15(23)26-17(3,4)5;1-5-22-11(18)8-6(2)7-9(23-8)15-13(21)16(10(7)17)14(3,4)12(19)20/h8H2,1-7H3,(H,19,24);5H2,1-4H3,(H,15,21)(H,19,20). The average molecular weight is 737 g/mol. The van der Waals surface area contributed by atoms with Gasteiger partial charge in [0.15, 0.2) is 0 Å². The topological polar surface area (TPSA) is 226 Å². The second kappa shape index (κ2) is 14.2. The van der Waals surface area contributed by atoms with E-state index in [0.29, 0.717) is 15.7 Å². The van der Waals surface area contributed by atoms with Crippen LogP contribution in [0.15, 0.2) is 19.2 Å². The Morgan fingerprint density at radius 1 is 0.680 bits per heavy atom. The van der Waals surface area contributed by atoms with E-state index in [0.717, 1.165) is 27.2 Å². The number of hydrogen-bond acceptors (Lipinski definition) is 13. The van der Waals surface area contributed by atoms with Crippen molar-refractivity contribution in [1.82, 2.24) is 19.1 Å². The summed E-state index contributed by atoms with van der Waals surface area (Å²) in [5.74, 6) is -3.17. The summed E-state index contributed by atoms with van der Waals surface area (Å²) in [6.45, 7) is 17.4. The van der Waals surface area contributed by atoms with E-state index in [2.05, 4.69) is 9.97 Å². The summed E-state index contributed by atoms with van der Waals surface area (Å²) in [5.41, 5.74) is -6.27. The van der Waals surface area contributed by atoms with Gasteiger partial charge in [-0.15, -0.1) is 22.7 Å². The van der Waals surface area contributed by atoms with Crippen molar-refractivity contribution in [2.24, 2.45) is 0 Å². The van der Waals surface area contributed by atoms with Crippen molar-refractivity contribution in [3.63, 3.8) is 0 Å². The number of H-pyrrole nitrogens is 2. The molecule has 0 fully saturated rings. The fourth-order valence-corrected chi connectivity index (χ4v) is 6.98. The number of aromatic amines is 2. The van der Waals surface area contributed by atoms with Gasteiger partial charge in [0.2, 0.25) is 0 Å². The molecular weight excluding hydrogens is 697 g/mol. The first-order valence-corrected chi connectivity index (χ1v) is 17.0. The highest BCUT2D eigenvalue weighted by Gasteiger charge is 2.38. The highest BCUT2D eigenvalue weighted by atomic mass is 32.1. The van der Waals surface area contributed by atoms with E-state index in [-0.39, 0.29) is 43.4 Å². The second-order valence-electron chi connectivity index (χ2n) is 13.0. The van der Waals surface area contributed by atoms with Gasteiger partial charge in [0.05, 0.1) is 24.0 Å². The van der Waals surface area contributed by atoms with Crippen LogP contribution in [0.25, 0.3) is 20.4 Å². The number of ether oxygens (including phenoxy) is 3. The molecule has 4 rings (SSSR count). The molecule has 272 valence electrons. The maximum atomic E-state index is 13.1. The van der Waals surface area contributed by atoms with Crippen LogP contribution < -0.4 is 22.5 Å². The number of aromatic nitrogens is 4. The van der Waals surface area contributed by atoms with Gasteiger partial charge in [-0.25, -0.2) is 37.9 Å². The van der Waals surface area contributed by atoms with Crippen LogP contribution in [0.5, 0.6) is 0 Å². The quantitative estimate of drug-likeness (QED) is 0.175. The van der Waals surface area contributed by atoms with Crippen molar-refractivity contribution < 1.29 is 38.5 Å². The zero-order chi connectivity index (χ0) is 38.3. The molecule has 4 heterocycles. The molecule has 0 amide bonds. The van der Waals surface area contributed by atoms with Gasteiger partial charge in [0.25, 0.3) is 11.1 Å². The van der Waals surface area contributed by atoms with E-state index in [4.69, 9.17) is 14.2 Å². The number of nitrogens with zero attached hydrogens (tertiary/aromatic N) is 2. The first-order valence-electron chi connectivity index (χ1n) is 15.3. The molecule has 0 saturated carbocycles. The lowest BCUT2D eigenvalue weighted by Gasteiger charge is -2.29. The smallest absolute Gasteiger partial charge is 0.348 e. The summed E-state index contributed by atoms with van der Waals surface area (Å²) in [6, 6.07) is 0. The highest BCUT2D eigenvalue weighted by Crippen LogP contribution is 2.29. The van der Waals surface area contributed by atoms with Crippen LogP contribution in [-0.2, 0) is 34.9 Å². The molecule has 0 aliphatic heterocycles. The lowest BCUT2D eigenvalue weighted by molar-refractivity contribution is -0.164. The normalized spacial score (nSPS) is 12.0. The maximum Gasteiger partial charge on any atom is 0.348 e. The van der Waals surface area contributed by atoms with E-state index in [1.54, 1.807) is 48.5 Å². The van der Waals surface area contributed by atoms with E-state index < -0.39 is 63.1 Å². The van der Waals surface area contributed by atoms with E-state index >= 15 is 0 Å². The van der Waals surface area contributed by atoms with Crippen LogP contribution in [0, 0.1) is 13.8 Å². The average Bonchev–Trinajstić information content (AvgIpc) is 3.48. The first-order chi connectivity index (χ1) is 22.9. The zero-order valence-electron chi connectivity index (χ0n) is 29.6. The second-order valence-corrected chi connectivity index (χ2v) is 15.1. The third-order valence-electron chi connectivity index (χ3n) is 7.44. The molecule has 0 bridgehead atoms. The third kappa shape index (κ3) is 7.35. The van der Waals surface area contributed by atoms with Gasteiger partial charge in [-0.2, -0.15) is 0 Å². The number of aryl methyl sites for hydroxylation is 2. The molecular formula is C32H40N4O12S2. The van der Waals surface area contributed by atoms with Crippen LogP contribution in [0.4, 0.5) is 0 Å². The molecule has 18 heteroatoms. The van der Waals surface area contributed by atoms with Crippen molar-refractivity contribution in [3.8, 4) is 0 Å². The van der Waals surface area contributed by atoms with E-state index in [1.165, 1.54) is 27.7 Å². The molecule has 0 aliphatic carbocycles. The Kier molecular flexibility index (Phi) is 11.2. The summed E-state index contributed by atoms with van der Waals surface area (Å²) in [5, 5.41) is 9.56. The van der Waals surface area contributed by atoms with Gasteiger partial charge in [-0.3, -0.25) is 19.6 Å². The van der Waals surface area contributed by atoms with Crippen LogP contribution in [0.2, 0.25) is 0 Å². The number of carbonyl (C=O) groups is 4. The maximum absolute atomic E-state index is 13.1. The van der Waals surface area contributed by atoms with Crippen molar-refractivity contribution in [3.05, 3.63) is 62.6 Å². The Bertz CT molecular complexity index is 2250. The minimum absolute atomic E-state index is 0.118. The lowest BCUT2D eigenvalue weighted by atomic mass is 10.0. The third-order valence-corrected chi connectivity index (χ3v) is 9.81. The number of hydrogen-bond donors (Lipinski definition) is 3. The van der Waals surface area contributed by atoms with Crippen molar-refractivity contribution in [2.75, 3.05) is 13.2 Å². The number of carboxylic acids is 1. The number of fused-ring (bicyclic) bond motifs is 2. The monoisotopic (exact) mass is 736 g/mol. The van der Waals surface area contributed by atoms with Gasteiger partial charge in [-0.1, -0.05) is 0 Å². The predicted molar refractivity (Wildman–Crippen MR) is 187 cm³/mol. The largest absolute Gasteiger partial charge is 0.480 e. The molecule has 0 unspecified atom stereocenters. The minimum Gasteiger partial charge on any atom is -0.480 e. The number of aliphatic carboxylic acids is 1. The van der Waals surface area contributed by atoms with Gasteiger partial charge in [-0.05, 0) is 87.3 Å². The van der Waals surface area contributed by atoms with Gasteiger partial charge >= 0.3 is 35.3 Å². The van der Waals surface area contributed by atoms with E-state index in [9.17, 15) is 43.5 Å². The molecule has 50 heavy (non-hydrogen) atoms. The summed E-state index contributed by atoms with van der Waals surface area (Å²) < 4.78 is 16.8. The van der Waals surface area contributed by atoms with Crippen molar-refractivity contribution in [2.45, 2.75) is 92.8 Å². The number of nitrogens with one attached hydrogen (secondary N) is 2. The summed E-state index contributed by atoms with van der Waals surface area (Å²) in [6.07, 6.45) is 0. The summed E-state index contributed by atoms with van der Waals surface area (Å²) in [4.78, 5) is 104. The fourth-order valence-electron chi connectivity index (χ4n) is 4.82. The Balaban J connectivity index is 0.000000274. The highest BCUT2D eigenvalue weighted by molar-refractivity contribution is 7.21. The SMILES string of the molecule is CCOC(=O)c1sc2[nH]c(=O)n(C(C)(C)C(=O)O)c(=O)c2c1C.CCOC(=O)c1sc2[nH]c(=O)n(C(C)(C)C(=O)OC(C)(C)C)c(=O)c2c1C. The van der Waals surface area contributed by atoms with Crippen LogP contribution in [0.1, 0.15) is 92.8 Å². The Morgan fingerprint density at radius 3 is 1.36 bits per heavy atom. The molecule has 4 aromatic heterocycles.